The molecule has 8 atom stereocenters. The molecule has 46 heavy (non-hydrogen) atoms. The zero-order valence-electron chi connectivity index (χ0n) is 29.0. The molecule has 0 saturated carbocycles. The van der Waals surface area contributed by atoms with E-state index in [0.717, 1.165) is 16.7 Å². The van der Waals surface area contributed by atoms with E-state index < -0.39 is 41.6 Å². The minimum absolute atomic E-state index is 0.108. The average molecular weight is 658 g/mol. The quantitative estimate of drug-likeness (QED) is 0.316. The Bertz CT molecular complexity index is 1410. The highest BCUT2D eigenvalue weighted by molar-refractivity contribution is 6.34. The molecule has 4 bridgehead atoms. The van der Waals surface area contributed by atoms with Gasteiger partial charge in [-0.1, -0.05) is 55.3 Å². The summed E-state index contributed by atoms with van der Waals surface area (Å²) >= 11 is 6.77. The average Bonchev–Trinajstić information content (AvgIpc) is 3.68. The van der Waals surface area contributed by atoms with Crippen molar-refractivity contribution in [1.82, 2.24) is 10.2 Å². The maximum atomic E-state index is 14.0. The Hall–Kier alpha value is -2.85. The van der Waals surface area contributed by atoms with Crippen LogP contribution in [0.15, 0.2) is 48.4 Å². The molecule has 1 aromatic carbocycles. The number of carbonyl (C=O) groups is 2. The summed E-state index contributed by atoms with van der Waals surface area (Å²) in [4.78, 5) is 31.0. The second kappa shape index (κ2) is 13.7. The monoisotopic (exact) mass is 657 g/mol. The predicted molar refractivity (Wildman–Crippen MR) is 181 cm³/mol. The van der Waals surface area contributed by atoms with E-state index in [-0.39, 0.29) is 42.5 Å². The minimum atomic E-state index is -1.30. The van der Waals surface area contributed by atoms with E-state index in [4.69, 9.17) is 25.8 Å². The van der Waals surface area contributed by atoms with Crippen LogP contribution >= 0.6 is 11.6 Å². The van der Waals surface area contributed by atoms with Crippen LogP contribution in [0.5, 0.6) is 0 Å². The molecule has 0 aromatic heterocycles. The second-order valence-corrected chi connectivity index (χ2v) is 14.4. The summed E-state index contributed by atoms with van der Waals surface area (Å²) < 4.78 is 18.6. The van der Waals surface area contributed by atoms with Crippen molar-refractivity contribution in [3.63, 3.8) is 0 Å². The lowest BCUT2D eigenvalue weighted by molar-refractivity contribution is -0.159. The molecule has 4 rings (SSSR count). The Labute approximate surface area is 279 Å². The van der Waals surface area contributed by atoms with Gasteiger partial charge in [0.05, 0.1) is 23.2 Å². The largest absolute Gasteiger partial charge is 0.476 e. The van der Waals surface area contributed by atoms with Gasteiger partial charge in [0.2, 0.25) is 5.91 Å². The molecule has 0 radical (unpaired) electrons. The number of carbonyl (C=O) groups excluding carboxylic acids is 2. The normalized spacial score (nSPS) is 34.6. The number of nitrogens with one attached hydrogen (secondary N) is 1. The van der Waals surface area contributed by atoms with Crippen molar-refractivity contribution >= 4 is 29.2 Å². The number of ether oxygens (including phenoxy) is 3. The molecule has 1 amide bonds. The molecule has 1 aromatic rings. The summed E-state index contributed by atoms with van der Waals surface area (Å²) in [7, 11) is 3.57. The molecule has 3 heterocycles. The first-order chi connectivity index (χ1) is 21.4. The van der Waals surface area contributed by atoms with E-state index in [2.05, 4.69) is 11.9 Å². The number of esters is 1. The van der Waals surface area contributed by atoms with Crippen LogP contribution < -0.4 is 10.2 Å². The van der Waals surface area contributed by atoms with Crippen molar-refractivity contribution < 1.29 is 28.9 Å². The number of epoxide rings is 1. The highest BCUT2D eigenvalue weighted by atomic mass is 35.5. The zero-order chi connectivity index (χ0) is 34.3. The van der Waals surface area contributed by atoms with Crippen LogP contribution in [0.2, 0.25) is 5.02 Å². The van der Waals surface area contributed by atoms with Crippen molar-refractivity contribution in [2.45, 2.75) is 116 Å². The van der Waals surface area contributed by atoms with Crippen molar-refractivity contribution in [1.29, 1.82) is 0 Å². The highest BCUT2D eigenvalue weighted by Crippen LogP contribution is 2.49. The summed E-state index contributed by atoms with van der Waals surface area (Å²) in [5.41, 5.74) is 1.29. The molecular formula is C36H52ClN3O6. The summed E-state index contributed by atoms with van der Waals surface area (Å²) in [5.74, 6) is -0.911. The Morgan fingerprint density at radius 2 is 1.93 bits per heavy atom. The van der Waals surface area contributed by atoms with Crippen LogP contribution in [-0.4, -0.2) is 77.7 Å². The summed E-state index contributed by atoms with van der Waals surface area (Å²) in [6.45, 7) is 19.6. The van der Waals surface area contributed by atoms with Crippen LogP contribution in [0.25, 0.3) is 0 Å². The second-order valence-electron chi connectivity index (χ2n) is 14.0. The number of halogens is 1. The van der Waals surface area contributed by atoms with Gasteiger partial charge in [0.25, 0.3) is 0 Å². The number of nitrogens with zero attached hydrogens (tertiary/aromatic N) is 2. The van der Waals surface area contributed by atoms with E-state index >= 15 is 0 Å². The van der Waals surface area contributed by atoms with Gasteiger partial charge < -0.3 is 29.5 Å². The molecule has 10 heteroatoms. The highest BCUT2D eigenvalue weighted by Gasteiger charge is 2.64. The Balaban J connectivity index is 1.76. The van der Waals surface area contributed by atoms with E-state index in [1.165, 1.54) is 0 Å². The molecule has 2 fully saturated rings. The molecule has 3 aliphatic rings. The van der Waals surface area contributed by atoms with Gasteiger partial charge in [-0.2, -0.15) is 0 Å². The van der Waals surface area contributed by atoms with Gasteiger partial charge in [0.1, 0.15) is 29.6 Å². The lowest BCUT2D eigenvalue weighted by atomic mass is 9.82. The van der Waals surface area contributed by atoms with Crippen LogP contribution in [0.4, 0.5) is 5.69 Å². The fraction of sp³-hybridized carbons (Fsp3) is 0.611. The molecule has 3 aliphatic heterocycles. The van der Waals surface area contributed by atoms with E-state index in [9.17, 15) is 14.7 Å². The maximum Gasteiger partial charge on any atom is 0.323 e. The fourth-order valence-electron chi connectivity index (χ4n) is 6.51. The van der Waals surface area contributed by atoms with E-state index in [1.54, 1.807) is 18.9 Å². The van der Waals surface area contributed by atoms with Crippen LogP contribution in [-0.2, 0) is 30.2 Å². The summed E-state index contributed by atoms with van der Waals surface area (Å²) in [5, 5.41) is 15.3. The topological polar surface area (TPSA) is 104 Å². The number of hydrogen-bond acceptors (Lipinski definition) is 8. The van der Waals surface area contributed by atoms with Crippen molar-refractivity contribution in [2.24, 2.45) is 11.8 Å². The lowest BCUT2D eigenvalue weighted by Gasteiger charge is -2.44. The first-order valence-corrected chi connectivity index (χ1v) is 16.6. The summed E-state index contributed by atoms with van der Waals surface area (Å²) in [6.07, 6.45) is 5.05. The number of amides is 1. The Morgan fingerprint density at radius 3 is 2.59 bits per heavy atom. The number of aliphatic hydroxyl groups is 1. The smallest absolute Gasteiger partial charge is 0.323 e. The molecule has 0 spiro atoms. The number of anilines is 1. The molecule has 7 unspecified atom stereocenters. The molecule has 0 aliphatic carbocycles. The third-order valence-corrected chi connectivity index (χ3v) is 10.7. The van der Waals surface area contributed by atoms with Crippen molar-refractivity contribution in [2.75, 3.05) is 19.0 Å². The number of fused-ring (bicyclic) bond motifs is 5. The van der Waals surface area contributed by atoms with Crippen molar-refractivity contribution in [3.8, 4) is 0 Å². The van der Waals surface area contributed by atoms with Gasteiger partial charge in [-0.15, -0.1) is 0 Å². The summed E-state index contributed by atoms with van der Waals surface area (Å²) in [6, 6.07) is 3.54. The van der Waals surface area contributed by atoms with E-state index in [0.29, 0.717) is 17.1 Å². The van der Waals surface area contributed by atoms with Crippen LogP contribution in [0.3, 0.4) is 0 Å². The third-order valence-electron chi connectivity index (χ3n) is 10.2. The minimum Gasteiger partial charge on any atom is -0.476 e. The van der Waals surface area contributed by atoms with Gasteiger partial charge in [-0.25, -0.2) is 0 Å². The Kier molecular flexibility index (Phi) is 10.7. The first-order valence-electron chi connectivity index (χ1n) is 16.2. The lowest BCUT2D eigenvalue weighted by Crippen LogP contribution is -2.57. The number of likely N-dealkylation sites (N-methyl/N-ethyl adjacent to an activating group) is 1. The fourth-order valence-corrected chi connectivity index (χ4v) is 6.74. The van der Waals surface area contributed by atoms with Gasteiger partial charge >= 0.3 is 5.97 Å². The van der Waals surface area contributed by atoms with Gasteiger partial charge in [0, 0.05) is 31.3 Å². The molecule has 9 nitrogen and oxygen atoms in total. The molecular weight excluding hydrogens is 606 g/mol. The molecule has 254 valence electrons. The number of benzene rings is 1. The predicted octanol–water partition coefficient (Wildman–Crippen LogP) is 5.67. The third kappa shape index (κ3) is 7.48. The standard InChI is InChI=1S/C36H52ClN3O6/c1-20(2)39(10)25(7)34(42)45-30-18-31(41)40(11)28-17-27(16-22(4)32(28)37)15-21(3)13-12-14-23(5)36(43)19-29(44-26(8)38-36)24(6)33-35(30,9)46-33/h12-14,16-17,20,23-25,29-30,33,38,43H,8,15,18-19H2,1-7,9-11H3/b14-12+,21-13+/t23?,24-,25?,29?,30?,33?,35?,36?/m1/s1. The van der Waals surface area contributed by atoms with Gasteiger partial charge in [-0.3, -0.25) is 14.5 Å². The maximum absolute atomic E-state index is 14.0. The SMILES string of the molecule is C=C1NC2(O)CC(O1)[C@@H](C)C1OC1(C)C(OC(=O)C(C)N(C)C(C)C)CC(=O)N(C)c1cc(cc(C)c1Cl)C/C(C)=C/C=C/C2C. The van der Waals surface area contributed by atoms with Crippen LogP contribution in [0.1, 0.15) is 72.4 Å². The van der Waals surface area contributed by atoms with E-state index in [1.807, 2.05) is 90.8 Å². The molecule has 2 saturated heterocycles. The molecule has 2 N–H and O–H groups in total. The number of aryl methyl sites for hydroxylation is 1. The number of rotatable bonds is 4. The van der Waals surface area contributed by atoms with Crippen LogP contribution in [0, 0.1) is 18.8 Å². The number of allylic oxidation sites excluding steroid dienone is 3. The zero-order valence-corrected chi connectivity index (χ0v) is 29.8. The van der Waals surface area contributed by atoms with Crippen molar-refractivity contribution in [3.05, 3.63) is 64.5 Å². The first kappa shape index (κ1) is 36.0. The number of hydrogen-bond donors (Lipinski definition) is 2. The Morgan fingerprint density at radius 1 is 1.26 bits per heavy atom. The van der Waals surface area contributed by atoms with Gasteiger partial charge in [-0.05, 0) is 78.8 Å². The van der Waals surface area contributed by atoms with Gasteiger partial charge in [0.15, 0.2) is 5.88 Å².